The van der Waals surface area contributed by atoms with Crippen LogP contribution in [0.25, 0.3) is 0 Å². The molecule has 1 saturated heterocycles. The number of hydrogen-bond acceptors (Lipinski definition) is 2. The molecule has 1 aliphatic heterocycles. The van der Waals surface area contributed by atoms with Gasteiger partial charge in [-0.15, -0.1) is 24.0 Å². The molecule has 1 heterocycles. The van der Waals surface area contributed by atoms with Gasteiger partial charge in [0.25, 0.3) is 0 Å². The van der Waals surface area contributed by atoms with Crippen LogP contribution in [0, 0.1) is 5.82 Å². The highest BCUT2D eigenvalue weighted by Gasteiger charge is 2.08. The summed E-state index contributed by atoms with van der Waals surface area (Å²) in [5.41, 5.74) is 0.738. The Hall–Kier alpha value is -0.890. The van der Waals surface area contributed by atoms with Crippen molar-refractivity contribution in [2.75, 3.05) is 39.8 Å². The van der Waals surface area contributed by atoms with Crippen molar-refractivity contribution < 1.29 is 4.39 Å². The zero-order chi connectivity index (χ0) is 17.0. The molecule has 4 nitrogen and oxygen atoms in total. The van der Waals surface area contributed by atoms with Crippen LogP contribution in [0.1, 0.15) is 37.7 Å². The Kier molecular flexibility index (Phi) is 11.8. The molecule has 0 radical (unpaired) electrons. The lowest BCUT2D eigenvalue weighted by Crippen LogP contribution is -2.39. The fourth-order valence-corrected chi connectivity index (χ4v) is 3.11. The minimum atomic E-state index is -0.139. The molecule has 1 aromatic rings. The number of nitrogens with zero attached hydrogens (tertiary/aromatic N) is 2. The van der Waals surface area contributed by atoms with Crippen molar-refractivity contribution in [3.63, 3.8) is 0 Å². The second-order valence-corrected chi connectivity index (χ2v) is 6.38. The van der Waals surface area contributed by atoms with Crippen molar-refractivity contribution in [3.8, 4) is 0 Å². The van der Waals surface area contributed by atoms with E-state index in [2.05, 4.69) is 20.5 Å². The Morgan fingerprint density at radius 1 is 1.08 bits per heavy atom. The van der Waals surface area contributed by atoms with Gasteiger partial charge in [0.15, 0.2) is 5.96 Å². The van der Waals surface area contributed by atoms with Crippen LogP contribution in [-0.4, -0.2) is 50.6 Å². The topological polar surface area (TPSA) is 39.7 Å². The van der Waals surface area contributed by atoms with Crippen molar-refractivity contribution >= 4 is 29.9 Å². The van der Waals surface area contributed by atoms with Crippen LogP contribution in [0.3, 0.4) is 0 Å². The fourth-order valence-electron chi connectivity index (χ4n) is 3.11. The first-order chi connectivity index (χ1) is 11.8. The molecule has 0 aliphatic carbocycles. The number of likely N-dealkylation sites (tertiary alicyclic amines) is 1. The molecule has 1 aliphatic rings. The van der Waals surface area contributed by atoms with Crippen LogP contribution in [0.5, 0.6) is 0 Å². The number of benzene rings is 1. The second kappa shape index (κ2) is 13.3. The van der Waals surface area contributed by atoms with E-state index < -0.39 is 0 Å². The van der Waals surface area contributed by atoms with Gasteiger partial charge in [-0.2, -0.15) is 0 Å². The lowest BCUT2D eigenvalue weighted by Gasteiger charge is -2.20. The Balaban J connectivity index is 0.00000312. The lowest BCUT2D eigenvalue weighted by atomic mass is 10.1. The third-order valence-electron chi connectivity index (χ3n) is 4.51. The smallest absolute Gasteiger partial charge is 0.190 e. The number of halogens is 2. The van der Waals surface area contributed by atoms with E-state index in [1.165, 1.54) is 44.8 Å². The zero-order valence-electron chi connectivity index (χ0n) is 15.3. The van der Waals surface area contributed by atoms with Crippen LogP contribution in [0.15, 0.2) is 29.3 Å². The van der Waals surface area contributed by atoms with Gasteiger partial charge in [-0.1, -0.05) is 31.0 Å². The molecule has 0 amide bonds. The van der Waals surface area contributed by atoms with Gasteiger partial charge in [0.05, 0.1) is 0 Å². The fraction of sp³-hybridized carbons (Fsp3) is 0.632. The van der Waals surface area contributed by atoms with E-state index in [4.69, 9.17) is 0 Å². The molecule has 25 heavy (non-hydrogen) atoms. The van der Waals surface area contributed by atoms with Gasteiger partial charge < -0.3 is 15.5 Å². The van der Waals surface area contributed by atoms with Crippen molar-refractivity contribution in [2.24, 2.45) is 4.99 Å². The summed E-state index contributed by atoms with van der Waals surface area (Å²) in [6.45, 7) is 5.23. The van der Waals surface area contributed by atoms with Crippen LogP contribution in [0.4, 0.5) is 4.39 Å². The van der Waals surface area contributed by atoms with Gasteiger partial charge in [0, 0.05) is 20.1 Å². The highest BCUT2D eigenvalue weighted by Crippen LogP contribution is 2.09. The van der Waals surface area contributed by atoms with E-state index >= 15 is 0 Å². The standard InChI is InChI=1S/C19H31FN4.HI/c1-21-19(23-13-11-17-9-4-5-10-18(17)20)22-12-8-16-24-14-6-2-3-7-15-24;/h4-5,9-10H,2-3,6-8,11-16H2,1H3,(H2,21,22,23);1H. The van der Waals surface area contributed by atoms with Gasteiger partial charge in [-0.05, 0) is 56.9 Å². The molecule has 6 heteroatoms. The van der Waals surface area contributed by atoms with Gasteiger partial charge >= 0.3 is 0 Å². The average Bonchev–Trinajstić information content (AvgIpc) is 2.87. The van der Waals surface area contributed by atoms with Gasteiger partial charge in [0.1, 0.15) is 5.82 Å². The molecule has 0 unspecified atom stereocenters. The van der Waals surface area contributed by atoms with Crippen LogP contribution >= 0.6 is 24.0 Å². The van der Waals surface area contributed by atoms with E-state index in [0.717, 1.165) is 31.0 Å². The predicted octanol–water partition coefficient (Wildman–Crippen LogP) is 3.42. The third-order valence-corrected chi connectivity index (χ3v) is 4.51. The van der Waals surface area contributed by atoms with E-state index in [1.54, 1.807) is 13.1 Å². The highest BCUT2D eigenvalue weighted by atomic mass is 127. The maximum atomic E-state index is 13.6. The largest absolute Gasteiger partial charge is 0.356 e. The van der Waals surface area contributed by atoms with E-state index in [1.807, 2.05) is 12.1 Å². The Morgan fingerprint density at radius 2 is 1.76 bits per heavy atom. The summed E-state index contributed by atoms with van der Waals surface area (Å²) < 4.78 is 13.6. The quantitative estimate of drug-likeness (QED) is 0.283. The van der Waals surface area contributed by atoms with Crippen LogP contribution < -0.4 is 10.6 Å². The van der Waals surface area contributed by atoms with Gasteiger partial charge in [-0.25, -0.2) is 4.39 Å². The molecule has 0 aromatic heterocycles. The summed E-state index contributed by atoms with van der Waals surface area (Å²) in [6.07, 6.45) is 7.22. The van der Waals surface area contributed by atoms with Crippen LogP contribution in [-0.2, 0) is 6.42 Å². The van der Waals surface area contributed by atoms with Crippen molar-refractivity contribution in [1.82, 2.24) is 15.5 Å². The van der Waals surface area contributed by atoms with Gasteiger partial charge in [0.2, 0.25) is 0 Å². The summed E-state index contributed by atoms with van der Waals surface area (Å²) in [7, 11) is 1.77. The first-order valence-corrected chi connectivity index (χ1v) is 9.20. The molecular formula is C19H32FIN4. The minimum Gasteiger partial charge on any atom is -0.356 e. The molecule has 0 spiro atoms. The predicted molar refractivity (Wildman–Crippen MR) is 114 cm³/mol. The van der Waals surface area contributed by atoms with Crippen molar-refractivity contribution in [2.45, 2.75) is 38.5 Å². The average molecular weight is 462 g/mol. The first kappa shape index (κ1) is 22.2. The number of aliphatic imine (C=N–C) groups is 1. The van der Waals surface area contributed by atoms with Crippen molar-refractivity contribution in [1.29, 1.82) is 0 Å². The molecule has 142 valence electrons. The number of guanidine groups is 1. The summed E-state index contributed by atoms with van der Waals surface area (Å²) in [5.74, 6) is 0.655. The second-order valence-electron chi connectivity index (χ2n) is 6.38. The van der Waals surface area contributed by atoms with E-state index in [0.29, 0.717) is 13.0 Å². The molecule has 2 rings (SSSR count). The number of hydrogen-bond donors (Lipinski definition) is 2. The third kappa shape index (κ3) is 8.85. The normalized spacial score (nSPS) is 16.0. The minimum absolute atomic E-state index is 0. The molecule has 0 saturated carbocycles. The Morgan fingerprint density at radius 3 is 2.44 bits per heavy atom. The summed E-state index contributed by atoms with van der Waals surface area (Å²) in [5, 5.41) is 6.60. The van der Waals surface area contributed by atoms with Gasteiger partial charge in [-0.3, -0.25) is 4.99 Å². The monoisotopic (exact) mass is 462 g/mol. The summed E-state index contributed by atoms with van der Waals surface area (Å²) in [6, 6.07) is 6.92. The molecule has 1 fully saturated rings. The van der Waals surface area contributed by atoms with E-state index in [9.17, 15) is 4.39 Å². The SMILES string of the molecule is CN=C(NCCCN1CCCCCC1)NCCc1ccccc1F.I. The lowest BCUT2D eigenvalue weighted by molar-refractivity contribution is 0.282. The zero-order valence-corrected chi connectivity index (χ0v) is 17.6. The highest BCUT2D eigenvalue weighted by molar-refractivity contribution is 14.0. The summed E-state index contributed by atoms with van der Waals surface area (Å²) >= 11 is 0. The number of nitrogens with one attached hydrogen (secondary N) is 2. The van der Waals surface area contributed by atoms with Crippen LogP contribution in [0.2, 0.25) is 0 Å². The maximum Gasteiger partial charge on any atom is 0.190 e. The Labute approximate surface area is 168 Å². The molecule has 0 bridgehead atoms. The molecular weight excluding hydrogens is 430 g/mol. The molecule has 0 atom stereocenters. The maximum absolute atomic E-state index is 13.6. The Bertz CT molecular complexity index is 502. The summed E-state index contributed by atoms with van der Waals surface area (Å²) in [4.78, 5) is 6.80. The van der Waals surface area contributed by atoms with Crippen molar-refractivity contribution in [3.05, 3.63) is 35.6 Å². The molecule has 1 aromatic carbocycles. The molecule has 2 N–H and O–H groups in total. The number of rotatable bonds is 7. The van der Waals surface area contributed by atoms with E-state index in [-0.39, 0.29) is 29.8 Å². The first-order valence-electron chi connectivity index (χ1n) is 9.20.